The number of carbonyl (C=O) groups excluding carboxylic acids is 1. The van der Waals surface area contributed by atoms with Gasteiger partial charge in [-0.15, -0.1) is 0 Å². The Morgan fingerprint density at radius 1 is 1.18 bits per heavy atom. The van der Waals surface area contributed by atoms with Crippen LogP contribution in [0.25, 0.3) is 17.0 Å². The topological polar surface area (TPSA) is 128 Å². The van der Waals surface area contributed by atoms with E-state index >= 15 is 0 Å². The molecule has 11 heteroatoms. The quantitative estimate of drug-likeness (QED) is 0.400. The van der Waals surface area contributed by atoms with Crippen LogP contribution in [0.5, 0.6) is 0 Å². The molecular weight excluding hydrogens is 482 g/mol. The summed E-state index contributed by atoms with van der Waals surface area (Å²) in [6, 6.07) is 14.6. The predicted molar refractivity (Wildman–Crippen MR) is 142 cm³/mol. The Morgan fingerprint density at radius 2 is 1.95 bits per heavy atom. The van der Waals surface area contributed by atoms with E-state index in [4.69, 9.17) is 10.4 Å². The summed E-state index contributed by atoms with van der Waals surface area (Å²) in [7, 11) is 3.86. The number of anilines is 1. The van der Waals surface area contributed by atoms with E-state index in [-0.39, 0.29) is 17.6 Å². The number of nitriles is 1. The van der Waals surface area contributed by atoms with Crippen LogP contribution in [0.4, 0.5) is 5.82 Å². The highest BCUT2D eigenvalue weighted by Crippen LogP contribution is 2.27. The first-order chi connectivity index (χ1) is 18.1. The van der Waals surface area contributed by atoms with Gasteiger partial charge >= 0.3 is 0 Å². The summed E-state index contributed by atoms with van der Waals surface area (Å²) in [5, 5.41) is 31.8. The second-order valence-corrected chi connectivity index (χ2v) is 10.2. The van der Waals surface area contributed by atoms with E-state index in [2.05, 4.69) is 31.3 Å². The van der Waals surface area contributed by atoms with Gasteiger partial charge in [0.1, 0.15) is 17.2 Å². The van der Waals surface area contributed by atoms with E-state index < -0.39 is 5.60 Å². The molecule has 1 aliphatic heterocycles. The van der Waals surface area contributed by atoms with Gasteiger partial charge in [0.05, 0.1) is 29.0 Å². The molecule has 1 saturated heterocycles. The normalized spacial score (nSPS) is 16.5. The minimum Gasteiger partial charge on any atom is -0.389 e. The Morgan fingerprint density at radius 3 is 2.61 bits per heavy atom. The van der Waals surface area contributed by atoms with Gasteiger partial charge in [-0.2, -0.15) is 20.0 Å². The van der Waals surface area contributed by atoms with Crippen LogP contribution in [0.1, 0.15) is 35.5 Å². The van der Waals surface area contributed by atoms with E-state index in [0.29, 0.717) is 36.5 Å². The van der Waals surface area contributed by atoms with Crippen LogP contribution in [0.2, 0.25) is 0 Å². The Bertz CT molecular complexity index is 1510. The van der Waals surface area contributed by atoms with Crippen molar-refractivity contribution >= 4 is 17.4 Å². The van der Waals surface area contributed by atoms with Crippen molar-refractivity contribution in [2.24, 2.45) is 7.05 Å². The lowest BCUT2D eigenvalue weighted by Crippen LogP contribution is -2.60. The maximum atomic E-state index is 13.2. The maximum Gasteiger partial charge on any atom is 0.270 e. The molecule has 0 radical (unpaired) electrons. The van der Waals surface area contributed by atoms with Crippen molar-refractivity contribution in [2.45, 2.75) is 32.0 Å². The first-order valence-corrected chi connectivity index (χ1v) is 12.5. The number of likely N-dealkylation sites (N-methyl/N-ethyl adjacent to an activating group) is 1. The predicted octanol–water partition coefficient (Wildman–Crippen LogP) is 1.82. The monoisotopic (exact) mass is 513 g/mol. The molecule has 0 saturated carbocycles. The average molecular weight is 514 g/mol. The molecule has 1 atom stereocenters. The number of amides is 1. The fraction of sp³-hybridized carbons (Fsp3) is 0.370. The lowest BCUT2D eigenvalue weighted by molar-refractivity contribution is -0.0141. The molecule has 1 aromatic carbocycles. The van der Waals surface area contributed by atoms with Gasteiger partial charge in [0.25, 0.3) is 5.91 Å². The largest absolute Gasteiger partial charge is 0.389 e. The Balaban J connectivity index is 1.51. The Kier molecular flexibility index (Phi) is 6.60. The summed E-state index contributed by atoms with van der Waals surface area (Å²) < 4.78 is 3.50. The van der Waals surface area contributed by atoms with Gasteiger partial charge in [-0.25, -0.2) is 4.98 Å². The molecule has 196 valence electrons. The van der Waals surface area contributed by atoms with E-state index in [1.54, 1.807) is 33.6 Å². The van der Waals surface area contributed by atoms with Gasteiger partial charge in [-0.1, -0.05) is 12.1 Å². The zero-order valence-electron chi connectivity index (χ0n) is 22.0. The molecule has 38 heavy (non-hydrogen) atoms. The Labute approximate surface area is 220 Å². The van der Waals surface area contributed by atoms with Gasteiger partial charge in [-0.05, 0) is 44.7 Å². The molecule has 0 spiro atoms. The number of piperazine rings is 1. The third kappa shape index (κ3) is 4.96. The first-order valence-electron chi connectivity index (χ1n) is 12.5. The number of rotatable bonds is 6. The van der Waals surface area contributed by atoms with E-state index in [1.807, 2.05) is 52.2 Å². The fourth-order valence-corrected chi connectivity index (χ4v) is 4.87. The van der Waals surface area contributed by atoms with Crippen LogP contribution >= 0.6 is 0 Å². The number of aromatic nitrogens is 5. The first kappa shape index (κ1) is 25.4. The molecule has 0 unspecified atom stereocenters. The number of benzene rings is 1. The van der Waals surface area contributed by atoms with Crippen molar-refractivity contribution in [3.63, 3.8) is 0 Å². The van der Waals surface area contributed by atoms with Gasteiger partial charge in [0.2, 0.25) is 0 Å². The van der Waals surface area contributed by atoms with E-state index in [0.717, 1.165) is 23.6 Å². The number of aryl methyl sites for hydroxylation is 1. The molecule has 5 rings (SSSR count). The molecule has 3 aromatic heterocycles. The second-order valence-electron chi connectivity index (χ2n) is 10.2. The Hall–Kier alpha value is -4.27. The summed E-state index contributed by atoms with van der Waals surface area (Å²) in [4.78, 5) is 22.2. The van der Waals surface area contributed by atoms with Gasteiger partial charge in [-0.3, -0.25) is 14.4 Å². The van der Waals surface area contributed by atoms with Crippen LogP contribution in [0.3, 0.4) is 0 Å². The number of hydrogen-bond donors (Lipinski definition) is 2. The summed E-state index contributed by atoms with van der Waals surface area (Å²) >= 11 is 0. The van der Waals surface area contributed by atoms with Crippen molar-refractivity contribution in [2.75, 3.05) is 31.6 Å². The standard InChI is InChI=1S/C27H31N9O2/c1-27(2,38)23-17-35(12-11-33(23)3)25-14-21(26(37)29-16-19-7-5-18(15-28)6-8-19)31-24-13-20(32-36(24)25)22-9-10-30-34(22)4/h5-10,13-14,23,38H,11-12,16-17H2,1-4H3,(H,29,37)/t23-/m1/s1. The molecule has 2 N–H and O–H groups in total. The number of hydrogen-bond acceptors (Lipinski definition) is 8. The highest BCUT2D eigenvalue weighted by Gasteiger charge is 2.36. The van der Waals surface area contributed by atoms with Crippen LogP contribution in [0, 0.1) is 11.3 Å². The third-order valence-electron chi connectivity index (χ3n) is 7.05. The minimum absolute atomic E-state index is 0.111. The molecule has 1 aliphatic rings. The van der Waals surface area contributed by atoms with Crippen LogP contribution < -0.4 is 10.2 Å². The number of nitrogens with zero attached hydrogens (tertiary/aromatic N) is 8. The van der Waals surface area contributed by atoms with Crippen LogP contribution in [-0.2, 0) is 13.6 Å². The van der Waals surface area contributed by atoms with Crippen molar-refractivity contribution in [3.8, 4) is 17.5 Å². The van der Waals surface area contributed by atoms with Crippen molar-refractivity contribution in [1.29, 1.82) is 5.26 Å². The second kappa shape index (κ2) is 9.89. The number of nitrogens with one attached hydrogen (secondary N) is 1. The third-order valence-corrected chi connectivity index (χ3v) is 7.05. The fourth-order valence-electron chi connectivity index (χ4n) is 4.87. The minimum atomic E-state index is -0.912. The van der Waals surface area contributed by atoms with Gasteiger partial charge in [0, 0.05) is 51.6 Å². The van der Waals surface area contributed by atoms with Gasteiger partial charge in [0.15, 0.2) is 5.65 Å². The molecule has 0 aliphatic carbocycles. The molecule has 11 nitrogen and oxygen atoms in total. The highest BCUT2D eigenvalue weighted by molar-refractivity contribution is 5.93. The van der Waals surface area contributed by atoms with E-state index in [9.17, 15) is 9.90 Å². The SMILES string of the molecule is CN1CCN(c2cc(C(=O)NCc3ccc(C#N)cc3)nc3cc(-c4ccnn4C)nn23)C[C@@H]1C(C)(C)O. The van der Waals surface area contributed by atoms with Crippen molar-refractivity contribution < 1.29 is 9.90 Å². The van der Waals surface area contributed by atoms with Gasteiger partial charge < -0.3 is 15.3 Å². The summed E-state index contributed by atoms with van der Waals surface area (Å²) in [5.41, 5.74) is 2.89. The number of aliphatic hydroxyl groups is 1. The molecule has 0 bridgehead atoms. The summed E-state index contributed by atoms with van der Waals surface area (Å²) in [6.07, 6.45) is 1.71. The molecular formula is C27H31N9O2. The molecule has 4 heterocycles. The molecule has 4 aromatic rings. The zero-order chi connectivity index (χ0) is 27.0. The summed E-state index contributed by atoms with van der Waals surface area (Å²) in [5.74, 6) is 0.420. The number of carbonyl (C=O) groups is 1. The van der Waals surface area contributed by atoms with Crippen molar-refractivity contribution in [3.05, 3.63) is 65.5 Å². The van der Waals surface area contributed by atoms with Crippen LogP contribution in [0.15, 0.2) is 48.7 Å². The summed E-state index contributed by atoms with van der Waals surface area (Å²) in [6.45, 7) is 5.95. The number of fused-ring (bicyclic) bond motifs is 1. The lowest BCUT2D eigenvalue weighted by atomic mass is 9.95. The zero-order valence-corrected chi connectivity index (χ0v) is 22.0. The molecule has 1 fully saturated rings. The van der Waals surface area contributed by atoms with Crippen LogP contribution in [-0.4, -0.2) is 78.6 Å². The smallest absolute Gasteiger partial charge is 0.270 e. The highest BCUT2D eigenvalue weighted by atomic mass is 16.3. The maximum absolute atomic E-state index is 13.2. The van der Waals surface area contributed by atoms with E-state index in [1.165, 1.54) is 0 Å². The average Bonchev–Trinajstić information content (AvgIpc) is 3.52. The van der Waals surface area contributed by atoms with Crippen molar-refractivity contribution in [1.82, 2.24) is 34.6 Å². The molecule has 1 amide bonds. The lowest BCUT2D eigenvalue weighted by Gasteiger charge is -2.45.